The summed E-state index contributed by atoms with van der Waals surface area (Å²) < 4.78 is 4.26. The van der Waals surface area contributed by atoms with E-state index < -0.39 is 0 Å². The molecular formula is C34H20Br4. The van der Waals surface area contributed by atoms with Crippen molar-refractivity contribution < 1.29 is 0 Å². The van der Waals surface area contributed by atoms with E-state index in [-0.39, 0.29) is 0 Å². The van der Waals surface area contributed by atoms with Gasteiger partial charge in [-0.1, -0.05) is 78.9 Å². The van der Waals surface area contributed by atoms with E-state index in [9.17, 15) is 0 Å². The van der Waals surface area contributed by atoms with Gasteiger partial charge in [-0.05, 0) is 138 Å². The van der Waals surface area contributed by atoms with Crippen molar-refractivity contribution in [3.63, 3.8) is 0 Å². The van der Waals surface area contributed by atoms with Crippen molar-refractivity contribution in [2.45, 2.75) is 13.8 Å². The van der Waals surface area contributed by atoms with E-state index in [2.05, 4.69) is 162 Å². The van der Waals surface area contributed by atoms with Gasteiger partial charge in [0.25, 0.3) is 0 Å². The van der Waals surface area contributed by atoms with Crippen LogP contribution >= 0.6 is 63.7 Å². The van der Waals surface area contributed by atoms with Gasteiger partial charge in [0.15, 0.2) is 0 Å². The third-order valence-electron chi connectivity index (χ3n) is 7.80. The van der Waals surface area contributed by atoms with Crippen molar-refractivity contribution in [2.24, 2.45) is 0 Å². The van der Waals surface area contributed by atoms with E-state index in [0.717, 1.165) is 17.9 Å². The summed E-state index contributed by atoms with van der Waals surface area (Å²) in [7, 11) is 0. The lowest BCUT2D eigenvalue weighted by molar-refractivity contribution is 1.46. The first-order valence-corrected chi connectivity index (χ1v) is 15.6. The SMILES string of the molecule is Cc1ccccc1-c1ccc2c3cc(Br)c(Br)c4c(-c5ccccc5C)c(Br)c(Br)c(c5cccc1c25)c43. The van der Waals surface area contributed by atoms with E-state index in [1.165, 1.54) is 76.5 Å². The monoisotopic (exact) mass is 744 g/mol. The molecule has 0 aliphatic rings. The zero-order chi connectivity index (χ0) is 26.3. The summed E-state index contributed by atoms with van der Waals surface area (Å²) in [5, 5.41) is 10.0. The smallest absolute Gasteiger partial charge is 0.0409 e. The van der Waals surface area contributed by atoms with E-state index in [1.54, 1.807) is 0 Å². The summed E-state index contributed by atoms with van der Waals surface area (Å²) in [6, 6.07) is 30.9. The van der Waals surface area contributed by atoms with Gasteiger partial charge >= 0.3 is 0 Å². The van der Waals surface area contributed by atoms with E-state index in [1.807, 2.05) is 0 Å². The molecular weight excluding hydrogens is 728 g/mol. The average Bonchev–Trinajstić information content (AvgIpc) is 2.92. The number of hydrogen-bond donors (Lipinski definition) is 0. The molecule has 0 saturated carbocycles. The van der Waals surface area contributed by atoms with Crippen molar-refractivity contribution in [3.8, 4) is 22.3 Å². The second-order valence-corrected chi connectivity index (χ2v) is 13.1. The summed E-state index contributed by atoms with van der Waals surface area (Å²) in [5.74, 6) is 0. The largest absolute Gasteiger partial charge is 0.0620 e. The van der Waals surface area contributed by atoms with E-state index in [0.29, 0.717) is 0 Å². The Morgan fingerprint density at radius 2 is 1.08 bits per heavy atom. The molecule has 0 nitrogen and oxygen atoms in total. The normalized spacial score (nSPS) is 11.9. The summed E-state index contributed by atoms with van der Waals surface area (Å²) in [6.07, 6.45) is 0. The molecule has 0 aliphatic heterocycles. The van der Waals surface area contributed by atoms with Crippen LogP contribution in [0.15, 0.2) is 103 Å². The minimum atomic E-state index is 1.05. The fourth-order valence-electron chi connectivity index (χ4n) is 6.08. The first-order chi connectivity index (χ1) is 18.4. The third-order valence-corrected chi connectivity index (χ3v) is 11.9. The molecule has 0 bridgehead atoms. The highest BCUT2D eigenvalue weighted by Crippen LogP contribution is 2.54. The van der Waals surface area contributed by atoms with Crippen molar-refractivity contribution in [1.82, 2.24) is 0 Å². The molecule has 0 N–H and O–H groups in total. The lowest BCUT2D eigenvalue weighted by Gasteiger charge is -2.23. The number of rotatable bonds is 2. The molecule has 184 valence electrons. The second kappa shape index (κ2) is 9.16. The van der Waals surface area contributed by atoms with Crippen LogP contribution in [0.1, 0.15) is 11.1 Å². The molecule has 7 aromatic rings. The highest BCUT2D eigenvalue weighted by Gasteiger charge is 2.25. The van der Waals surface area contributed by atoms with Gasteiger partial charge in [0.05, 0.1) is 0 Å². The highest BCUT2D eigenvalue weighted by atomic mass is 79.9. The maximum absolute atomic E-state index is 4.06. The van der Waals surface area contributed by atoms with Gasteiger partial charge in [0.1, 0.15) is 0 Å². The van der Waals surface area contributed by atoms with Crippen LogP contribution in [-0.4, -0.2) is 0 Å². The van der Waals surface area contributed by atoms with Gasteiger partial charge in [0.2, 0.25) is 0 Å². The minimum absolute atomic E-state index is 1.05. The standard InChI is InChI=1S/C34H20Br4/c1-17-8-3-5-10-19(17)21-14-15-23-25-16-26(35)32(36)31-28(25)30(24-13-7-12-22(21)27(23)24)34(38)33(37)29(31)20-11-6-4-9-18(20)2/h3-16H,1-2H3. The van der Waals surface area contributed by atoms with E-state index in [4.69, 9.17) is 0 Å². The first kappa shape index (κ1) is 24.8. The molecule has 0 aliphatic carbocycles. The quantitative estimate of drug-likeness (QED) is 0.122. The van der Waals surface area contributed by atoms with Crippen molar-refractivity contribution >= 4 is 107 Å². The van der Waals surface area contributed by atoms with Crippen LogP contribution in [0.4, 0.5) is 0 Å². The molecule has 0 heterocycles. The topological polar surface area (TPSA) is 0 Å². The summed E-state index contributed by atoms with van der Waals surface area (Å²) in [4.78, 5) is 0. The Labute approximate surface area is 254 Å². The van der Waals surface area contributed by atoms with Gasteiger partial charge in [-0.2, -0.15) is 0 Å². The summed E-state index contributed by atoms with van der Waals surface area (Å²) in [5.41, 5.74) is 7.48. The predicted octanol–water partition coefficient (Wildman–Crippen LogP) is 12.7. The number of hydrogen-bond acceptors (Lipinski definition) is 0. The third kappa shape index (κ3) is 3.43. The molecule has 0 saturated heterocycles. The van der Waals surface area contributed by atoms with Crippen LogP contribution in [-0.2, 0) is 0 Å². The number of fused-ring (bicyclic) bond motifs is 2. The Hall–Kier alpha value is -2.24. The van der Waals surface area contributed by atoms with Crippen LogP contribution in [0.2, 0.25) is 0 Å². The highest BCUT2D eigenvalue weighted by molar-refractivity contribution is 9.13. The molecule has 0 radical (unpaired) electrons. The zero-order valence-electron chi connectivity index (χ0n) is 20.6. The van der Waals surface area contributed by atoms with Crippen molar-refractivity contribution in [2.75, 3.05) is 0 Å². The number of halogens is 4. The molecule has 4 heteroatoms. The molecule has 0 fully saturated rings. The average molecular weight is 748 g/mol. The fourth-order valence-corrected chi connectivity index (χ4v) is 8.24. The Balaban J connectivity index is 1.76. The molecule has 7 rings (SSSR count). The molecule has 0 unspecified atom stereocenters. The Morgan fingerprint density at radius 1 is 0.421 bits per heavy atom. The van der Waals surface area contributed by atoms with Gasteiger partial charge in [-0.15, -0.1) is 0 Å². The molecule has 0 atom stereocenters. The lowest BCUT2D eigenvalue weighted by atomic mass is 9.84. The van der Waals surface area contributed by atoms with Crippen molar-refractivity contribution in [3.05, 3.63) is 114 Å². The second-order valence-electron chi connectivity index (χ2n) is 9.87. The van der Waals surface area contributed by atoms with Gasteiger partial charge in [-0.25, -0.2) is 0 Å². The van der Waals surface area contributed by atoms with Crippen molar-refractivity contribution in [1.29, 1.82) is 0 Å². The zero-order valence-corrected chi connectivity index (χ0v) is 26.9. The van der Waals surface area contributed by atoms with Gasteiger partial charge in [0, 0.05) is 39.6 Å². The Kier molecular flexibility index (Phi) is 5.97. The number of aryl methyl sites for hydroxylation is 2. The minimum Gasteiger partial charge on any atom is -0.0620 e. The van der Waals surface area contributed by atoms with Crippen LogP contribution in [0.25, 0.3) is 65.3 Å². The van der Waals surface area contributed by atoms with Gasteiger partial charge in [-0.3, -0.25) is 0 Å². The van der Waals surface area contributed by atoms with Crippen LogP contribution in [0.5, 0.6) is 0 Å². The summed E-state index contributed by atoms with van der Waals surface area (Å²) >= 11 is 16.0. The lowest BCUT2D eigenvalue weighted by Crippen LogP contribution is -1.95. The maximum Gasteiger partial charge on any atom is 0.0409 e. The number of benzene rings is 7. The molecule has 38 heavy (non-hydrogen) atoms. The summed E-state index contributed by atoms with van der Waals surface area (Å²) in [6.45, 7) is 4.37. The first-order valence-electron chi connectivity index (χ1n) is 12.4. The van der Waals surface area contributed by atoms with Gasteiger partial charge < -0.3 is 0 Å². The van der Waals surface area contributed by atoms with Crippen LogP contribution < -0.4 is 0 Å². The van der Waals surface area contributed by atoms with E-state index >= 15 is 0 Å². The molecule has 0 spiro atoms. The maximum atomic E-state index is 4.06. The van der Waals surface area contributed by atoms with Crippen LogP contribution in [0.3, 0.4) is 0 Å². The Morgan fingerprint density at radius 3 is 1.79 bits per heavy atom. The fraction of sp³-hybridized carbons (Fsp3) is 0.0588. The molecule has 0 amide bonds. The van der Waals surface area contributed by atoms with Crippen LogP contribution in [0, 0.1) is 13.8 Å². The molecule has 7 aromatic carbocycles. The Bertz CT molecular complexity index is 2090. The predicted molar refractivity (Wildman–Crippen MR) is 179 cm³/mol. The molecule has 0 aromatic heterocycles.